The summed E-state index contributed by atoms with van der Waals surface area (Å²) in [6.45, 7) is 0.0943. The molecule has 2 amide bonds. The van der Waals surface area contributed by atoms with Crippen LogP contribution in [0.4, 0.5) is 10.5 Å². The molecule has 0 unspecified atom stereocenters. The molecule has 0 radical (unpaired) electrons. The second kappa shape index (κ2) is 6.75. The van der Waals surface area contributed by atoms with Gasteiger partial charge in [0.15, 0.2) is 0 Å². The lowest BCUT2D eigenvalue weighted by molar-refractivity contribution is -0.137. The summed E-state index contributed by atoms with van der Waals surface area (Å²) in [7, 11) is 1.49. The van der Waals surface area contributed by atoms with Crippen LogP contribution in [0.1, 0.15) is 12.0 Å². The molecule has 2 N–H and O–H groups in total. The van der Waals surface area contributed by atoms with Crippen molar-refractivity contribution in [3.05, 3.63) is 28.2 Å². The van der Waals surface area contributed by atoms with Crippen molar-refractivity contribution in [1.29, 1.82) is 5.26 Å². The van der Waals surface area contributed by atoms with E-state index >= 15 is 0 Å². The molecule has 1 aromatic carbocycles. The molecule has 6 nitrogen and oxygen atoms in total. The Balaban J connectivity index is 2.74. The van der Waals surface area contributed by atoms with Crippen LogP contribution in [0.2, 0.25) is 0 Å². The van der Waals surface area contributed by atoms with Gasteiger partial charge in [0.25, 0.3) is 0 Å². The predicted molar refractivity (Wildman–Crippen MR) is 72.8 cm³/mol. The van der Waals surface area contributed by atoms with Crippen molar-refractivity contribution in [2.45, 2.75) is 6.42 Å². The number of amides is 2. The first-order valence-corrected chi connectivity index (χ1v) is 6.17. The van der Waals surface area contributed by atoms with E-state index in [2.05, 4.69) is 21.2 Å². The highest BCUT2D eigenvalue weighted by Crippen LogP contribution is 2.21. The number of halogens is 1. The molecule has 0 aromatic heterocycles. The van der Waals surface area contributed by atoms with Gasteiger partial charge in [0.2, 0.25) is 0 Å². The number of urea groups is 1. The van der Waals surface area contributed by atoms with E-state index in [9.17, 15) is 9.59 Å². The van der Waals surface area contributed by atoms with Gasteiger partial charge in [-0.3, -0.25) is 4.79 Å². The maximum absolute atomic E-state index is 11.8. The van der Waals surface area contributed by atoms with Gasteiger partial charge < -0.3 is 15.3 Å². The molecule has 0 saturated heterocycles. The van der Waals surface area contributed by atoms with Crippen LogP contribution in [0, 0.1) is 11.3 Å². The third-order valence-corrected chi connectivity index (χ3v) is 2.84. The van der Waals surface area contributed by atoms with Crippen molar-refractivity contribution >= 4 is 33.6 Å². The Morgan fingerprint density at radius 2 is 2.21 bits per heavy atom. The zero-order valence-electron chi connectivity index (χ0n) is 10.2. The first kappa shape index (κ1) is 15.0. The van der Waals surface area contributed by atoms with Crippen LogP contribution < -0.4 is 5.32 Å². The third-order valence-electron chi connectivity index (χ3n) is 2.35. The molecule has 1 aromatic rings. The predicted octanol–water partition coefficient (Wildman–Crippen LogP) is 2.26. The van der Waals surface area contributed by atoms with E-state index in [1.54, 1.807) is 18.2 Å². The molecule has 100 valence electrons. The van der Waals surface area contributed by atoms with Gasteiger partial charge >= 0.3 is 12.0 Å². The summed E-state index contributed by atoms with van der Waals surface area (Å²) in [6, 6.07) is 6.40. The number of carboxylic acid groups (broad SMARTS) is 1. The average Bonchev–Trinajstić information content (AvgIpc) is 2.36. The summed E-state index contributed by atoms with van der Waals surface area (Å²) in [6.07, 6.45) is -0.131. The molecule has 0 fully saturated rings. The number of nitriles is 1. The lowest BCUT2D eigenvalue weighted by Gasteiger charge is -2.17. The molecule has 7 heteroatoms. The summed E-state index contributed by atoms with van der Waals surface area (Å²) in [4.78, 5) is 23.5. The third kappa shape index (κ3) is 4.60. The monoisotopic (exact) mass is 325 g/mol. The van der Waals surface area contributed by atoms with E-state index in [0.29, 0.717) is 11.3 Å². The number of carbonyl (C=O) groups is 2. The molecule has 0 atom stereocenters. The fourth-order valence-electron chi connectivity index (χ4n) is 1.29. The van der Waals surface area contributed by atoms with E-state index in [1.165, 1.54) is 11.9 Å². The number of carboxylic acids is 1. The molecule has 0 bridgehead atoms. The number of hydrogen-bond donors (Lipinski definition) is 2. The Morgan fingerprint density at radius 1 is 1.53 bits per heavy atom. The fraction of sp³-hybridized carbons (Fsp3) is 0.250. The van der Waals surface area contributed by atoms with E-state index < -0.39 is 12.0 Å². The smallest absolute Gasteiger partial charge is 0.321 e. The van der Waals surface area contributed by atoms with Gasteiger partial charge in [-0.1, -0.05) is 15.9 Å². The molecule has 0 aliphatic carbocycles. The van der Waals surface area contributed by atoms with Crippen molar-refractivity contribution in [1.82, 2.24) is 4.90 Å². The zero-order chi connectivity index (χ0) is 14.4. The summed E-state index contributed by atoms with van der Waals surface area (Å²) in [5, 5.41) is 20.0. The van der Waals surface area contributed by atoms with Gasteiger partial charge in [0, 0.05) is 18.1 Å². The molecule has 0 heterocycles. The number of benzene rings is 1. The van der Waals surface area contributed by atoms with E-state index in [0.717, 1.165) is 4.47 Å². The number of anilines is 1. The Kier molecular flexibility index (Phi) is 5.33. The van der Waals surface area contributed by atoms with Crippen molar-refractivity contribution in [3.63, 3.8) is 0 Å². The number of rotatable bonds is 4. The minimum absolute atomic E-state index is 0.0943. The maximum atomic E-state index is 11.8. The van der Waals surface area contributed by atoms with Crippen molar-refractivity contribution in [3.8, 4) is 6.07 Å². The standard InChI is InChI=1S/C12H12BrN3O3/c1-16(5-4-11(17)18)12(19)15-10-6-9(13)3-2-8(10)7-14/h2-3,6H,4-5H2,1H3,(H,15,19)(H,17,18). The van der Waals surface area contributed by atoms with Crippen LogP contribution in [0.25, 0.3) is 0 Å². The van der Waals surface area contributed by atoms with Crippen LogP contribution in [-0.2, 0) is 4.79 Å². The molecule has 1 rings (SSSR count). The minimum atomic E-state index is -0.972. The molecule has 0 aliphatic rings. The van der Waals surface area contributed by atoms with Crippen LogP contribution in [0.15, 0.2) is 22.7 Å². The second-order valence-corrected chi connectivity index (χ2v) is 4.71. The van der Waals surface area contributed by atoms with Gasteiger partial charge in [-0.05, 0) is 18.2 Å². The quantitative estimate of drug-likeness (QED) is 0.887. The summed E-state index contributed by atoms with van der Waals surface area (Å²) >= 11 is 3.25. The van der Waals surface area contributed by atoms with Gasteiger partial charge in [0.05, 0.1) is 17.7 Å². The van der Waals surface area contributed by atoms with E-state index in [1.807, 2.05) is 6.07 Å². The van der Waals surface area contributed by atoms with Crippen LogP contribution in [-0.4, -0.2) is 35.6 Å². The molecule has 0 saturated carbocycles. The molecular formula is C12H12BrN3O3. The lowest BCUT2D eigenvalue weighted by atomic mass is 10.2. The zero-order valence-corrected chi connectivity index (χ0v) is 11.8. The highest BCUT2D eigenvalue weighted by Gasteiger charge is 2.12. The van der Waals surface area contributed by atoms with Crippen molar-refractivity contribution < 1.29 is 14.7 Å². The number of nitrogens with one attached hydrogen (secondary N) is 1. The summed E-state index contributed by atoms with van der Waals surface area (Å²) < 4.78 is 0.731. The SMILES string of the molecule is CN(CCC(=O)O)C(=O)Nc1cc(Br)ccc1C#N. The average molecular weight is 326 g/mol. The van der Waals surface area contributed by atoms with E-state index in [4.69, 9.17) is 10.4 Å². The van der Waals surface area contributed by atoms with Gasteiger partial charge in [-0.2, -0.15) is 5.26 Å². The normalized spacial score (nSPS) is 9.53. The fourth-order valence-corrected chi connectivity index (χ4v) is 1.65. The van der Waals surface area contributed by atoms with Crippen molar-refractivity contribution in [2.24, 2.45) is 0 Å². The largest absolute Gasteiger partial charge is 0.481 e. The second-order valence-electron chi connectivity index (χ2n) is 3.80. The number of hydrogen-bond acceptors (Lipinski definition) is 3. The van der Waals surface area contributed by atoms with Crippen LogP contribution in [0.5, 0.6) is 0 Å². The van der Waals surface area contributed by atoms with Gasteiger partial charge in [-0.15, -0.1) is 0 Å². The Hall–Kier alpha value is -2.07. The van der Waals surface area contributed by atoms with Gasteiger partial charge in [-0.25, -0.2) is 4.79 Å². The summed E-state index contributed by atoms with van der Waals surface area (Å²) in [5.41, 5.74) is 0.715. The minimum Gasteiger partial charge on any atom is -0.481 e. The Bertz CT molecular complexity index is 540. The molecule has 19 heavy (non-hydrogen) atoms. The highest BCUT2D eigenvalue weighted by molar-refractivity contribution is 9.10. The molecular weight excluding hydrogens is 314 g/mol. The van der Waals surface area contributed by atoms with Gasteiger partial charge in [0.1, 0.15) is 6.07 Å². The first-order valence-electron chi connectivity index (χ1n) is 5.37. The first-order chi connectivity index (χ1) is 8.93. The number of carbonyl (C=O) groups excluding carboxylic acids is 1. The molecule has 0 aliphatic heterocycles. The molecule has 0 spiro atoms. The van der Waals surface area contributed by atoms with Crippen LogP contribution >= 0.6 is 15.9 Å². The van der Waals surface area contributed by atoms with Crippen molar-refractivity contribution in [2.75, 3.05) is 18.9 Å². The number of aliphatic carboxylic acids is 1. The maximum Gasteiger partial charge on any atom is 0.321 e. The van der Waals surface area contributed by atoms with E-state index in [-0.39, 0.29) is 13.0 Å². The topological polar surface area (TPSA) is 93.4 Å². The summed E-state index contributed by atoms with van der Waals surface area (Å²) in [5.74, 6) is -0.972. The number of nitrogens with zero attached hydrogens (tertiary/aromatic N) is 2. The lowest BCUT2D eigenvalue weighted by Crippen LogP contribution is -2.33. The Morgan fingerprint density at radius 3 is 2.79 bits per heavy atom. The van der Waals surface area contributed by atoms with Crippen LogP contribution in [0.3, 0.4) is 0 Å². The highest BCUT2D eigenvalue weighted by atomic mass is 79.9. The Labute approximate surface area is 118 Å².